The number of thioether (sulfide) groups is 2. The molecule has 5 amide bonds. The maximum Gasteiger partial charge on any atom is 0.317 e. The number of amides is 5. The SMILES string of the molecule is CC[C@H](C)[C@H](CC(=O)C(C)(C)N(C)C)C(=O)N(C)[C@H](C[C@@H](OC(C)=O)c1nc(C(=O)N[C@@H](Cc2ccc3c(c2)NC(=O)CCCNC(=O)CC(C(=O)O)SCSC(C(=O)O)CC(=O)NCCCC(=O)O3)CC(C)C(=O)O)cs1)C(C)C. The van der Waals surface area contributed by atoms with Gasteiger partial charge in [-0.05, 0) is 83.2 Å². The van der Waals surface area contributed by atoms with E-state index in [1.807, 2.05) is 60.5 Å². The van der Waals surface area contributed by atoms with Crippen LogP contribution in [0.4, 0.5) is 5.69 Å². The highest BCUT2D eigenvalue weighted by molar-refractivity contribution is 8.17. The Morgan fingerprint density at radius 2 is 1.46 bits per heavy atom. The number of Topliss-reactive ketones (excluding diaryl/α,β-unsaturated/α-hetero) is 1. The molecule has 3 rings (SSSR count). The minimum Gasteiger partial charge on any atom is -0.481 e. The van der Waals surface area contributed by atoms with Crippen LogP contribution in [0.25, 0.3) is 0 Å². The third kappa shape index (κ3) is 22.6. The highest BCUT2D eigenvalue weighted by Crippen LogP contribution is 2.34. The van der Waals surface area contributed by atoms with E-state index in [0.29, 0.717) is 12.0 Å². The first kappa shape index (κ1) is 69.2. The molecule has 26 heteroatoms. The Kier molecular flexibility index (Phi) is 28.3. The van der Waals surface area contributed by atoms with Gasteiger partial charge in [-0.25, -0.2) is 4.98 Å². The number of aliphatic carboxylic acids is 3. The van der Waals surface area contributed by atoms with Gasteiger partial charge in [-0.2, -0.15) is 0 Å². The molecule has 2 aromatic rings. The number of nitrogens with zero attached hydrogens (tertiary/aromatic N) is 3. The number of rotatable bonds is 22. The fourth-order valence-corrected chi connectivity index (χ4v) is 11.9. The summed E-state index contributed by atoms with van der Waals surface area (Å²) < 4.78 is 11.5. The Morgan fingerprint density at radius 1 is 0.864 bits per heavy atom. The predicted molar refractivity (Wildman–Crippen MR) is 307 cm³/mol. The van der Waals surface area contributed by atoms with E-state index in [1.54, 1.807) is 18.0 Å². The average Bonchev–Trinajstić information content (AvgIpc) is 3.96. The number of ketones is 1. The largest absolute Gasteiger partial charge is 0.481 e. The lowest BCUT2D eigenvalue weighted by Gasteiger charge is -2.38. The normalized spacial score (nSPS) is 18.9. The lowest BCUT2D eigenvalue weighted by molar-refractivity contribution is -0.150. The smallest absolute Gasteiger partial charge is 0.317 e. The van der Waals surface area contributed by atoms with Crippen molar-refractivity contribution >= 4 is 106 Å². The van der Waals surface area contributed by atoms with Crippen LogP contribution in [0.5, 0.6) is 5.75 Å². The van der Waals surface area contributed by atoms with Gasteiger partial charge in [-0.1, -0.05) is 47.1 Å². The zero-order chi connectivity index (χ0) is 60.9. The fourth-order valence-electron chi connectivity index (χ4n) is 8.58. The maximum absolute atomic E-state index is 14.4. The van der Waals surface area contributed by atoms with Crippen molar-refractivity contribution in [3.8, 4) is 5.75 Å². The van der Waals surface area contributed by atoms with Gasteiger partial charge in [0.1, 0.15) is 21.2 Å². The van der Waals surface area contributed by atoms with E-state index in [2.05, 4.69) is 26.3 Å². The second kappa shape index (κ2) is 33.1. The van der Waals surface area contributed by atoms with Crippen LogP contribution in [-0.4, -0.2) is 163 Å². The molecule has 450 valence electrons. The standard InChI is InChI=1S/C55H81N7O16S3/c1-12-31(4)36(24-44(64)55(7,8)61(9)10)51(70)62(11)39(30(2)3)25-41(77-33(6)63)50-60-38(28-79-50)49(69)58-35(21-32(5)52(71)72)22-34-17-18-40-37(23-34)59-45(65)15-13-19-56-46(66)26-42(53(73)74)80-29-81-43(54(75)76)27-47(67)57-20-14-16-48(68)78-40/h17-18,23,28,30-32,35-36,39,41-43H,12-16,19-22,24-27,29H2,1-11H3,(H,56,66)(H,57,67)(H,58,69)(H,59,65)(H,71,72)(H,73,74)(H,75,76)/t31-,32?,35+,36-,39+,41+,42?,43?/m0/s1. The number of fused-ring (bicyclic) bond motifs is 1. The van der Waals surface area contributed by atoms with Gasteiger partial charge >= 0.3 is 29.8 Å². The van der Waals surface area contributed by atoms with E-state index in [-0.39, 0.29) is 115 Å². The van der Waals surface area contributed by atoms with Gasteiger partial charge in [0.25, 0.3) is 5.91 Å². The monoisotopic (exact) mass is 1190 g/mol. The summed E-state index contributed by atoms with van der Waals surface area (Å²) in [6.07, 6.45) is -1.27. The molecule has 7 N–H and O–H groups in total. The van der Waals surface area contributed by atoms with Crippen molar-refractivity contribution < 1.29 is 77.5 Å². The van der Waals surface area contributed by atoms with Crippen LogP contribution in [0.15, 0.2) is 23.6 Å². The number of nitrogens with one attached hydrogen (secondary N) is 4. The van der Waals surface area contributed by atoms with Gasteiger partial charge in [-0.15, -0.1) is 34.9 Å². The molecule has 0 saturated heterocycles. The van der Waals surface area contributed by atoms with Crippen molar-refractivity contribution in [1.82, 2.24) is 30.7 Å². The number of benzene rings is 1. The van der Waals surface area contributed by atoms with Gasteiger partial charge in [0.05, 0.1) is 17.1 Å². The zero-order valence-corrected chi connectivity index (χ0v) is 50.6. The minimum atomic E-state index is -1.29. The van der Waals surface area contributed by atoms with Gasteiger partial charge in [0, 0.05) is 94.1 Å². The minimum absolute atomic E-state index is 0.00241. The Morgan fingerprint density at radius 3 is 1.99 bits per heavy atom. The third-order valence-corrected chi connectivity index (χ3v) is 17.9. The summed E-state index contributed by atoms with van der Waals surface area (Å²) in [5.74, 6) is -9.75. The Hall–Kier alpha value is -6.12. The van der Waals surface area contributed by atoms with Gasteiger partial charge in [-0.3, -0.25) is 57.6 Å². The third-order valence-electron chi connectivity index (χ3n) is 14.3. The molecule has 0 spiro atoms. The molecule has 2 heterocycles. The van der Waals surface area contributed by atoms with Crippen LogP contribution in [0.2, 0.25) is 0 Å². The molecule has 0 bridgehead atoms. The van der Waals surface area contributed by atoms with Gasteiger partial charge in [0.2, 0.25) is 23.6 Å². The number of carboxylic acid groups (broad SMARTS) is 3. The highest BCUT2D eigenvalue weighted by Gasteiger charge is 2.39. The second-order valence-corrected chi connectivity index (χ2v) is 25.0. The van der Waals surface area contributed by atoms with Crippen LogP contribution in [0.3, 0.4) is 0 Å². The summed E-state index contributed by atoms with van der Waals surface area (Å²) in [5.41, 5.74) is -0.353. The first-order valence-corrected chi connectivity index (χ1v) is 29.9. The first-order chi connectivity index (χ1) is 37.9. The number of hydrogen-bond donors (Lipinski definition) is 7. The molecule has 3 unspecified atom stereocenters. The molecule has 0 saturated carbocycles. The second-order valence-electron chi connectivity index (χ2n) is 21.4. The number of carboxylic acids is 3. The average molecular weight is 1190 g/mol. The Bertz CT molecular complexity index is 2560. The van der Waals surface area contributed by atoms with Crippen LogP contribution < -0.4 is 26.0 Å². The van der Waals surface area contributed by atoms with Crippen molar-refractivity contribution in [2.24, 2.45) is 23.7 Å². The van der Waals surface area contributed by atoms with Crippen LogP contribution in [-0.2, 0) is 59.1 Å². The quantitative estimate of drug-likeness (QED) is 0.0541. The molecule has 0 radical (unpaired) electrons. The van der Waals surface area contributed by atoms with Crippen molar-refractivity contribution in [3.63, 3.8) is 0 Å². The Balaban J connectivity index is 1.92. The molecule has 0 fully saturated rings. The molecule has 1 aromatic heterocycles. The summed E-state index contributed by atoms with van der Waals surface area (Å²) in [6.45, 7) is 14.1. The van der Waals surface area contributed by atoms with E-state index in [4.69, 9.17) is 9.47 Å². The highest BCUT2D eigenvalue weighted by atomic mass is 32.2. The lowest BCUT2D eigenvalue weighted by Crippen LogP contribution is -2.50. The lowest BCUT2D eigenvalue weighted by atomic mass is 9.81. The number of carbonyl (C=O) groups excluding carboxylic acids is 8. The van der Waals surface area contributed by atoms with Gasteiger partial charge in [0.15, 0.2) is 17.6 Å². The topological polar surface area (TPSA) is 334 Å². The van der Waals surface area contributed by atoms with Crippen molar-refractivity contribution in [2.45, 2.75) is 160 Å². The van der Waals surface area contributed by atoms with E-state index in [0.717, 1.165) is 34.9 Å². The number of esters is 2. The van der Waals surface area contributed by atoms with E-state index >= 15 is 0 Å². The van der Waals surface area contributed by atoms with E-state index in [9.17, 15) is 68.1 Å². The van der Waals surface area contributed by atoms with E-state index < -0.39 is 112 Å². The summed E-state index contributed by atoms with van der Waals surface area (Å²) >= 11 is 2.74. The summed E-state index contributed by atoms with van der Waals surface area (Å²) in [5, 5.41) is 39.4. The fraction of sp³-hybridized carbons (Fsp3) is 0.636. The van der Waals surface area contributed by atoms with E-state index in [1.165, 1.54) is 31.4 Å². The number of likely N-dealkylation sites (N-methyl/N-ethyl adjacent to an activating group) is 1. The molecule has 1 aliphatic heterocycles. The molecule has 81 heavy (non-hydrogen) atoms. The molecular weight excluding hydrogens is 1110 g/mol. The first-order valence-electron chi connectivity index (χ1n) is 26.9. The van der Waals surface area contributed by atoms with Gasteiger partial charge < -0.3 is 51.0 Å². The number of thiazole rings is 1. The number of aromatic nitrogens is 1. The number of carbonyl (C=O) groups is 11. The molecule has 1 aromatic carbocycles. The molecular formula is C55H81N7O16S3. The van der Waals surface area contributed by atoms with Crippen molar-refractivity contribution in [3.05, 3.63) is 39.8 Å². The molecule has 1 aliphatic rings. The predicted octanol–water partition coefficient (Wildman–Crippen LogP) is 5.79. The number of anilines is 1. The Labute approximate surface area is 485 Å². The molecule has 0 aliphatic carbocycles. The van der Waals surface area contributed by atoms with Crippen LogP contribution in [0.1, 0.15) is 147 Å². The van der Waals surface area contributed by atoms with Crippen molar-refractivity contribution in [2.75, 3.05) is 44.6 Å². The van der Waals surface area contributed by atoms with Crippen LogP contribution in [0, 0.1) is 23.7 Å². The van der Waals surface area contributed by atoms with Crippen molar-refractivity contribution in [1.29, 1.82) is 0 Å². The number of ether oxygens (including phenoxy) is 2. The summed E-state index contributed by atoms with van der Waals surface area (Å²) in [6, 6.07) is 3.12. The summed E-state index contributed by atoms with van der Waals surface area (Å²) in [4.78, 5) is 151. The number of hydrogen-bond acceptors (Lipinski definition) is 18. The van der Waals surface area contributed by atoms with Crippen LogP contribution >= 0.6 is 34.9 Å². The maximum atomic E-state index is 14.4. The molecule has 23 nitrogen and oxygen atoms in total. The molecule has 8 atom stereocenters. The summed E-state index contributed by atoms with van der Waals surface area (Å²) in [7, 11) is 5.30. The zero-order valence-electron chi connectivity index (χ0n) is 48.1.